The Morgan fingerprint density at radius 3 is 2.32 bits per heavy atom. The number of benzene rings is 5. The molecule has 304 valence electrons. The molecule has 1 amide bonds. The number of sulfonamides is 1. The molecule has 1 aromatic heterocycles. The number of anilines is 2. The lowest BCUT2D eigenvalue weighted by atomic mass is 9.97. The predicted octanol–water partition coefficient (Wildman–Crippen LogP) is 7.78. The van der Waals surface area contributed by atoms with E-state index in [1.54, 1.807) is 23.9 Å². The highest BCUT2D eigenvalue weighted by molar-refractivity contribution is 7.99. The van der Waals surface area contributed by atoms with Crippen molar-refractivity contribution in [3.8, 4) is 11.1 Å². The maximum atomic E-state index is 13.4. The van der Waals surface area contributed by atoms with Crippen LogP contribution in [0.25, 0.3) is 22.0 Å². The Kier molecular flexibility index (Phi) is 13.2. The zero-order valence-electron chi connectivity index (χ0n) is 33.0. The molecule has 2 heterocycles. The van der Waals surface area contributed by atoms with Gasteiger partial charge in [-0.3, -0.25) is 24.8 Å². The van der Waals surface area contributed by atoms with Crippen molar-refractivity contribution in [3.63, 3.8) is 0 Å². The number of thioether (sulfide) groups is 1. The number of nitrogens with zero attached hydrogens (tertiary/aromatic N) is 5. The second-order valence-corrected chi connectivity index (χ2v) is 17.6. The number of aromatic nitrogens is 1. The van der Waals surface area contributed by atoms with E-state index in [0.29, 0.717) is 12.2 Å². The van der Waals surface area contributed by atoms with Crippen molar-refractivity contribution in [1.82, 2.24) is 19.5 Å². The van der Waals surface area contributed by atoms with E-state index in [1.807, 2.05) is 73.7 Å². The quantitative estimate of drug-likeness (QED) is 0.0562. The van der Waals surface area contributed by atoms with E-state index in [9.17, 15) is 23.3 Å². The SMILES string of the molecule is CN(C)CC[C@H](CSc1ccccc1)Nc1ccc(S(=O)(=O)NC(=O)c2ccc(N3CCN(Cc4ccccc4-c4cccc5cccnc45)CC3)cc2)cc1[N+](=O)[O-]. The number of para-hydroxylation sites is 1. The Bertz CT molecular complexity index is 2510. The van der Waals surface area contributed by atoms with Gasteiger partial charge in [-0.1, -0.05) is 66.7 Å². The molecule has 1 atom stereocenters. The van der Waals surface area contributed by atoms with Crippen LogP contribution in [0.5, 0.6) is 0 Å². The van der Waals surface area contributed by atoms with E-state index < -0.39 is 26.5 Å². The molecule has 0 radical (unpaired) electrons. The first-order valence-electron chi connectivity index (χ1n) is 19.5. The van der Waals surface area contributed by atoms with E-state index in [1.165, 1.54) is 23.3 Å². The Balaban J connectivity index is 0.963. The molecule has 1 aliphatic rings. The van der Waals surface area contributed by atoms with Gasteiger partial charge in [-0.25, -0.2) is 13.1 Å². The number of piperazine rings is 1. The van der Waals surface area contributed by atoms with Crippen molar-refractivity contribution in [2.75, 3.05) is 62.8 Å². The fourth-order valence-electron chi connectivity index (χ4n) is 7.21. The second kappa shape index (κ2) is 18.9. The third-order valence-electron chi connectivity index (χ3n) is 10.4. The normalized spacial score (nSPS) is 14.0. The van der Waals surface area contributed by atoms with Crippen LogP contribution in [0.3, 0.4) is 0 Å². The maximum Gasteiger partial charge on any atom is 0.293 e. The van der Waals surface area contributed by atoms with Crippen LogP contribution in [0.4, 0.5) is 17.1 Å². The molecule has 2 N–H and O–H groups in total. The van der Waals surface area contributed by atoms with Gasteiger partial charge in [0.2, 0.25) is 0 Å². The highest BCUT2D eigenvalue weighted by atomic mass is 32.2. The summed E-state index contributed by atoms with van der Waals surface area (Å²) >= 11 is 1.63. The first-order chi connectivity index (χ1) is 28.5. The van der Waals surface area contributed by atoms with Crippen LogP contribution in [0.1, 0.15) is 22.3 Å². The van der Waals surface area contributed by atoms with E-state index in [0.717, 1.165) is 72.4 Å². The van der Waals surface area contributed by atoms with Crippen molar-refractivity contribution >= 4 is 55.7 Å². The van der Waals surface area contributed by atoms with E-state index in [4.69, 9.17) is 0 Å². The Morgan fingerprint density at radius 2 is 1.58 bits per heavy atom. The minimum Gasteiger partial charge on any atom is -0.376 e. The van der Waals surface area contributed by atoms with Crippen LogP contribution in [-0.4, -0.2) is 92.6 Å². The lowest BCUT2D eigenvalue weighted by Crippen LogP contribution is -2.46. The molecule has 7 rings (SSSR count). The standard InChI is InChI=1S/C45H47N7O5S2/c1-49(2)25-23-36(32-58-38-13-4-3-5-14-38)47-42-22-21-39(30-43(42)52(54)55)59(56,57)48-45(53)34-17-19-37(20-18-34)51-28-26-50(27-29-51)31-35-10-6-7-15-40(35)41-16-8-11-33-12-9-24-46-44(33)41/h3-22,24,30,36,47H,23,25-29,31-32H2,1-2H3,(H,48,53)/t36-/m1/s1. The Morgan fingerprint density at radius 1 is 0.864 bits per heavy atom. The predicted molar refractivity (Wildman–Crippen MR) is 237 cm³/mol. The zero-order chi connectivity index (χ0) is 41.4. The number of fused-ring (bicyclic) bond motifs is 1. The molecule has 0 bridgehead atoms. The molecule has 1 fully saturated rings. The molecule has 1 aliphatic heterocycles. The average molecular weight is 830 g/mol. The highest BCUT2D eigenvalue weighted by Crippen LogP contribution is 2.32. The topological polar surface area (TPSA) is 141 Å². The van der Waals surface area contributed by atoms with Gasteiger partial charge in [-0.05, 0) is 92.8 Å². The monoisotopic (exact) mass is 829 g/mol. The van der Waals surface area contributed by atoms with Gasteiger partial charge in [0.15, 0.2) is 0 Å². The average Bonchev–Trinajstić information content (AvgIpc) is 3.25. The van der Waals surface area contributed by atoms with Crippen LogP contribution < -0.4 is 14.9 Å². The Labute approximate surface area is 349 Å². The number of pyridine rings is 1. The molecule has 5 aromatic carbocycles. The minimum absolute atomic E-state index is 0.142. The van der Waals surface area contributed by atoms with E-state index >= 15 is 0 Å². The summed E-state index contributed by atoms with van der Waals surface area (Å²) in [4.78, 5) is 36.9. The van der Waals surface area contributed by atoms with Crippen LogP contribution in [0, 0.1) is 10.1 Å². The highest BCUT2D eigenvalue weighted by Gasteiger charge is 2.26. The molecule has 0 aliphatic carbocycles. The number of hydrogen-bond donors (Lipinski definition) is 2. The van der Waals surface area contributed by atoms with Crippen molar-refractivity contribution in [3.05, 3.63) is 155 Å². The summed E-state index contributed by atoms with van der Waals surface area (Å²) in [5.41, 5.74) is 5.42. The molecule has 6 aromatic rings. The van der Waals surface area contributed by atoms with Gasteiger partial charge in [0.1, 0.15) is 5.69 Å². The van der Waals surface area contributed by atoms with Crippen LogP contribution in [-0.2, 0) is 16.6 Å². The molecule has 0 saturated carbocycles. The number of nitrogens with one attached hydrogen (secondary N) is 2. The second-order valence-electron chi connectivity index (χ2n) is 14.8. The van der Waals surface area contributed by atoms with Crippen molar-refractivity contribution < 1.29 is 18.1 Å². The van der Waals surface area contributed by atoms with Gasteiger partial charge < -0.3 is 15.1 Å². The van der Waals surface area contributed by atoms with Crippen molar-refractivity contribution in [2.24, 2.45) is 0 Å². The molecule has 1 saturated heterocycles. The molecule has 0 spiro atoms. The fraction of sp³-hybridized carbons (Fsp3) is 0.244. The zero-order valence-corrected chi connectivity index (χ0v) is 34.7. The summed E-state index contributed by atoms with van der Waals surface area (Å²) in [7, 11) is -0.512. The lowest BCUT2D eigenvalue weighted by molar-refractivity contribution is -0.384. The number of hydrogen-bond acceptors (Lipinski definition) is 11. The first kappa shape index (κ1) is 41.4. The first-order valence-corrected chi connectivity index (χ1v) is 21.9. The molecule has 14 heteroatoms. The largest absolute Gasteiger partial charge is 0.376 e. The molecule has 0 unspecified atom stereocenters. The summed E-state index contributed by atoms with van der Waals surface area (Å²) in [6, 6.07) is 39.0. The third-order valence-corrected chi connectivity index (χ3v) is 12.9. The van der Waals surface area contributed by atoms with Crippen LogP contribution in [0.15, 0.2) is 143 Å². The molecule has 59 heavy (non-hydrogen) atoms. The van der Waals surface area contributed by atoms with Gasteiger partial charge in [0, 0.05) is 83.9 Å². The number of amides is 1. The van der Waals surface area contributed by atoms with E-state index in [2.05, 4.69) is 73.4 Å². The number of nitro groups is 1. The summed E-state index contributed by atoms with van der Waals surface area (Å²) in [6.07, 6.45) is 2.54. The third kappa shape index (κ3) is 10.4. The maximum absolute atomic E-state index is 13.4. The number of nitro benzene ring substituents is 1. The van der Waals surface area contributed by atoms with E-state index in [-0.39, 0.29) is 22.2 Å². The van der Waals surface area contributed by atoms with Crippen LogP contribution in [0.2, 0.25) is 0 Å². The number of carbonyl (C=O) groups is 1. The molecule has 12 nitrogen and oxygen atoms in total. The lowest BCUT2D eigenvalue weighted by Gasteiger charge is -2.36. The summed E-state index contributed by atoms with van der Waals surface area (Å²) in [5.74, 6) is -0.187. The Hall–Kier alpha value is -5.80. The molecular formula is C45H47N7O5S2. The van der Waals surface area contributed by atoms with Gasteiger partial charge in [-0.2, -0.15) is 0 Å². The van der Waals surface area contributed by atoms with Crippen molar-refractivity contribution in [2.45, 2.75) is 28.8 Å². The summed E-state index contributed by atoms with van der Waals surface area (Å²) < 4.78 is 28.9. The van der Waals surface area contributed by atoms with Crippen LogP contribution >= 0.6 is 11.8 Å². The smallest absolute Gasteiger partial charge is 0.293 e. The number of carbonyl (C=O) groups excluding carboxylic acids is 1. The van der Waals surface area contributed by atoms with Gasteiger partial charge in [0.05, 0.1) is 15.3 Å². The molecular weight excluding hydrogens is 783 g/mol. The van der Waals surface area contributed by atoms with Gasteiger partial charge in [0.25, 0.3) is 21.6 Å². The summed E-state index contributed by atoms with van der Waals surface area (Å²) in [6.45, 7) is 4.79. The van der Waals surface area contributed by atoms with Crippen molar-refractivity contribution in [1.29, 1.82) is 0 Å². The van der Waals surface area contributed by atoms with Gasteiger partial charge in [-0.15, -0.1) is 11.8 Å². The summed E-state index contributed by atoms with van der Waals surface area (Å²) in [5, 5.41) is 16.6. The minimum atomic E-state index is -4.43. The fourth-order valence-corrected chi connectivity index (χ4v) is 9.19. The number of rotatable bonds is 16. The van der Waals surface area contributed by atoms with Gasteiger partial charge >= 0.3 is 0 Å².